The molecule has 0 amide bonds. The molecule has 2 aliphatic carbocycles. The highest BCUT2D eigenvalue weighted by molar-refractivity contribution is 6.07. The monoisotopic (exact) mass is 727 g/mol. The first-order chi connectivity index (χ1) is 28.0. The van der Waals surface area contributed by atoms with Gasteiger partial charge < -0.3 is 4.90 Å². The van der Waals surface area contributed by atoms with Crippen LogP contribution in [0.5, 0.6) is 0 Å². The van der Waals surface area contributed by atoms with Crippen LogP contribution in [0.15, 0.2) is 212 Å². The van der Waals surface area contributed by atoms with Crippen LogP contribution in [0.25, 0.3) is 44.2 Å². The molecule has 0 aliphatic heterocycles. The van der Waals surface area contributed by atoms with Gasteiger partial charge in [0.15, 0.2) is 0 Å². The molecule has 2 aliphatic rings. The van der Waals surface area contributed by atoms with E-state index in [4.69, 9.17) is 0 Å². The zero-order valence-corrected chi connectivity index (χ0v) is 32.2. The van der Waals surface area contributed by atoms with Crippen LogP contribution in [0.1, 0.15) is 47.2 Å². The molecule has 0 unspecified atom stereocenters. The summed E-state index contributed by atoms with van der Waals surface area (Å²) in [6.45, 7) is 4.80. The van der Waals surface area contributed by atoms with Crippen LogP contribution < -0.4 is 4.90 Å². The number of para-hydroxylation sites is 1. The Kier molecular flexibility index (Phi) is 7.50. The second-order valence-corrected chi connectivity index (χ2v) is 16.0. The quantitative estimate of drug-likeness (QED) is 0.165. The Bertz CT molecular complexity index is 2920. The molecule has 0 radical (unpaired) electrons. The summed E-state index contributed by atoms with van der Waals surface area (Å²) in [6, 6.07) is 78.7. The van der Waals surface area contributed by atoms with Crippen LogP contribution in [0.3, 0.4) is 0 Å². The molecule has 9 aromatic carbocycles. The minimum absolute atomic E-state index is 0.185. The molecule has 9 aromatic rings. The Morgan fingerprint density at radius 1 is 0.351 bits per heavy atom. The van der Waals surface area contributed by atoms with E-state index in [0.29, 0.717) is 0 Å². The maximum absolute atomic E-state index is 2.50. The van der Waals surface area contributed by atoms with E-state index in [-0.39, 0.29) is 5.41 Å². The SMILES string of the molecule is CC1(C)c2cc(-c3ccccc3)ccc2-c2cc(N(c3ccccc3)c3ccc4c(c3)C(c3ccccc3)(c3ccccc3)c3ccccc3-4)c3ccccc3c21. The Labute approximate surface area is 335 Å². The topological polar surface area (TPSA) is 3.24 Å². The van der Waals surface area contributed by atoms with E-state index < -0.39 is 5.41 Å². The van der Waals surface area contributed by atoms with Crippen LogP contribution >= 0.6 is 0 Å². The highest BCUT2D eigenvalue weighted by atomic mass is 15.1. The molecule has 0 saturated heterocycles. The zero-order chi connectivity index (χ0) is 38.1. The predicted molar refractivity (Wildman–Crippen MR) is 239 cm³/mol. The lowest BCUT2D eigenvalue weighted by Gasteiger charge is -2.35. The van der Waals surface area contributed by atoms with E-state index in [2.05, 4.69) is 231 Å². The number of nitrogens with zero attached hydrogens (tertiary/aromatic N) is 1. The highest BCUT2D eigenvalue weighted by Crippen LogP contribution is 2.59. The van der Waals surface area contributed by atoms with E-state index in [1.165, 1.54) is 83.2 Å². The lowest BCUT2D eigenvalue weighted by atomic mass is 9.67. The predicted octanol–water partition coefficient (Wildman–Crippen LogP) is 14.6. The van der Waals surface area contributed by atoms with E-state index in [0.717, 1.165) is 11.4 Å². The van der Waals surface area contributed by atoms with Gasteiger partial charge in [-0.15, -0.1) is 0 Å². The van der Waals surface area contributed by atoms with Crippen LogP contribution in [0.4, 0.5) is 17.1 Å². The van der Waals surface area contributed by atoms with Gasteiger partial charge >= 0.3 is 0 Å². The maximum Gasteiger partial charge on any atom is 0.0714 e. The Morgan fingerprint density at radius 2 is 0.895 bits per heavy atom. The second kappa shape index (κ2) is 12.8. The summed E-state index contributed by atoms with van der Waals surface area (Å²) in [5, 5.41) is 2.54. The first-order valence-corrected chi connectivity index (χ1v) is 20.0. The molecule has 0 saturated carbocycles. The minimum atomic E-state index is -0.494. The highest BCUT2D eigenvalue weighted by Gasteiger charge is 2.46. The fourth-order valence-corrected chi connectivity index (χ4v) is 10.2. The molecule has 0 fully saturated rings. The zero-order valence-electron chi connectivity index (χ0n) is 32.2. The average molecular weight is 728 g/mol. The van der Waals surface area contributed by atoms with Gasteiger partial charge in [0.2, 0.25) is 0 Å². The van der Waals surface area contributed by atoms with Gasteiger partial charge in [0, 0.05) is 22.2 Å². The van der Waals surface area contributed by atoms with Crippen molar-refractivity contribution in [3.05, 3.63) is 246 Å². The largest absolute Gasteiger partial charge is 0.310 e. The number of anilines is 3. The van der Waals surface area contributed by atoms with Crippen molar-refractivity contribution in [3.63, 3.8) is 0 Å². The van der Waals surface area contributed by atoms with Gasteiger partial charge in [0.05, 0.1) is 11.1 Å². The van der Waals surface area contributed by atoms with Crippen molar-refractivity contribution in [3.8, 4) is 33.4 Å². The molecule has 0 heterocycles. The fraction of sp³-hybridized carbons (Fsp3) is 0.0714. The van der Waals surface area contributed by atoms with Gasteiger partial charge in [0.25, 0.3) is 0 Å². The van der Waals surface area contributed by atoms with Gasteiger partial charge in [-0.1, -0.05) is 190 Å². The lowest BCUT2D eigenvalue weighted by molar-refractivity contribution is 0.666. The average Bonchev–Trinajstić information content (AvgIpc) is 3.70. The summed E-state index contributed by atoms with van der Waals surface area (Å²) in [6.07, 6.45) is 0. The summed E-state index contributed by atoms with van der Waals surface area (Å²) < 4.78 is 0. The van der Waals surface area contributed by atoms with Crippen molar-refractivity contribution < 1.29 is 0 Å². The van der Waals surface area contributed by atoms with Crippen molar-refractivity contribution in [2.75, 3.05) is 4.90 Å². The molecule has 0 bridgehead atoms. The molecule has 0 atom stereocenters. The minimum Gasteiger partial charge on any atom is -0.310 e. The second-order valence-electron chi connectivity index (χ2n) is 16.0. The van der Waals surface area contributed by atoms with Gasteiger partial charge in [0.1, 0.15) is 0 Å². The molecule has 270 valence electrons. The number of rotatable bonds is 6. The van der Waals surface area contributed by atoms with Crippen molar-refractivity contribution in [2.45, 2.75) is 24.7 Å². The molecule has 0 aromatic heterocycles. The summed E-state index contributed by atoms with van der Waals surface area (Å²) in [5.41, 5.74) is 18.3. The van der Waals surface area contributed by atoms with Gasteiger partial charge in [-0.25, -0.2) is 0 Å². The first kappa shape index (κ1) is 33.4. The summed E-state index contributed by atoms with van der Waals surface area (Å²) in [5.74, 6) is 0. The maximum atomic E-state index is 2.50. The van der Waals surface area contributed by atoms with E-state index in [1.54, 1.807) is 0 Å². The van der Waals surface area contributed by atoms with Crippen LogP contribution in [-0.2, 0) is 10.8 Å². The summed E-state index contributed by atoms with van der Waals surface area (Å²) in [7, 11) is 0. The van der Waals surface area contributed by atoms with Gasteiger partial charge in [-0.3, -0.25) is 0 Å². The van der Waals surface area contributed by atoms with Gasteiger partial charge in [-0.2, -0.15) is 0 Å². The normalized spacial score (nSPS) is 14.1. The van der Waals surface area contributed by atoms with E-state index in [9.17, 15) is 0 Å². The van der Waals surface area contributed by atoms with Crippen LogP contribution in [0.2, 0.25) is 0 Å². The first-order valence-electron chi connectivity index (χ1n) is 20.0. The van der Waals surface area contributed by atoms with Gasteiger partial charge in [-0.05, 0) is 109 Å². The molecular weight excluding hydrogens is 687 g/mol. The smallest absolute Gasteiger partial charge is 0.0714 e. The molecule has 11 rings (SSSR count). The molecule has 1 heteroatoms. The lowest BCUT2D eigenvalue weighted by Crippen LogP contribution is -2.28. The molecule has 0 N–H and O–H groups in total. The summed E-state index contributed by atoms with van der Waals surface area (Å²) >= 11 is 0. The fourth-order valence-electron chi connectivity index (χ4n) is 10.2. The number of fused-ring (bicyclic) bond motifs is 8. The summed E-state index contributed by atoms with van der Waals surface area (Å²) in [4.78, 5) is 2.50. The van der Waals surface area contributed by atoms with Crippen molar-refractivity contribution in [1.29, 1.82) is 0 Å². The van der Waals surface area contributed by atoms with Crippen molar-refractivity contribution in [2.24, 2.45) is 0 Å². The van der Waals surface area contributed by atoms with Crippen molar-refractivity contribution >= 4 is 27.8 Å². The Morgan fingerprint density at radius 3 is 1.60 bits per heavy atom. The Hall–Kier alpha value is -6.96. The molecule has 0 spiro atoms. The third-order valence-electron chi connectivity index (χ3n) is 12.7. The van der Waals surface area contributed by atoms with E-state index in [1.807, 2.05) is 0 Å². The molecule has 1 nitrogen and oxygen atoms in total. The third kappa shape index (κ3) is 4.89. The van der Waals surface area contributed by atoms with Crippen molar-refractivity contribution in [1.82, 2.24) is 0 Å². The third-order valence-corrected chi connectivity index (χ3v) is 12.7. The standard InChI is InChI=1S/C56H41N/c1-55(2)51-35-39(38-19-7-3-8-20-38)31-33-46(51)49-37-53(47-28-15-16-29-48(47)54(49)55)57(42-25-13-6-14-26-42)43-32-34-45-44-27-17-18-30-50(44)56(52(45)36-43,40-21-9-4-10-22-40)41-23-11-5-12-24-41/h3-37H,1-2H3. The van der Waals surface area contributed by atoms with Crippen LogP contribution in [-0.4, -0.2) is 0 Å². The molecular formula is C56H41N. The number of hydrogen-bond donors (Lipinski definition) is 0. The van der Waals surface area contributed by atoms with E-state index >= 15 is 0 Å². The molecule has 57 heavy (non-hydrogen) atoms. The van der Waals surface area contributed by atoms with Crippen LogP contribution in [0, 0.1) is 0 Å². The number of benzene rings is 9. The number of hydrogen-bond acceptors (Lipinski definition) is 1. The Balaban J connectivity index is 1.18.